The lowest BCUT2D eigenvalue weighted by Gasteiger charge is -2.23. The fraction of sp³-hybridized carbons (Fsp3) is 0.538. The van der Waals surface area contributed by atoms with Crippen LogP contribution < -0.4 is 0 Å². The summed E-state index contributed by atoms with van der Waals surface area (Å²) in [5.74, 6) is 0. The van der Waals surface area contributed by atoms with Crippen molar-refractivity contribution in [1.29, 1.82) is 0 Å². The Morgan fingerprint density at radius 3 is 2.29 bits per heavy atom. The lowest BCUT2D eigenvalue weighted by molar-refractivity contribution is 0.0453. The molecule has 1 aromatic rings. The third-order valence-corrected chi connectivity index (χ3v) is 2.69. The number of aryl methyl sites for hydroxylation is 1. The number of benzene rings is 1. The van der Waals surface area contributed by atoms with Crippen molar-refractivity contribution in [2.24, 2.45) is 0 Å². The van der Waals surface area contributed by atoms with Crippen molar-refractivity contribution in [2.45, 2.75) is 45.6 Å². The Bertz CT molecular complexity index is 272. The Labute approximate surface area is 86.8 Å². The molecule has 1 nitrogen and oxygen atoms in total. The zero-order valence-corrected chi connectivity index (χ0v) is 9.38. The van der Waals surface area contributed by atoms with Crippen molar-refractivity contribution < 1.29 is 5.11 Å². The van der Waals surface area contributed by atoms with E-state index in [1.165, 1.54) is 5.56 Å². The summed E-state index contributed by atoms with van der Waals surface area (Å²) in [5, 5.41) is 10.2. The van der Waals surface area contributed by atoms with Crippen LogP contribution >= 0.6 is 0 Å². The second-order valence-electron chi connectivity index (χ2n) is 4.24. The van der Waals surface area contributed by atoms with Gasteiger partial charge in [0.15, 0.2) is 0 Å². The van der Waals surface area contributed by atoms with E-state index in [0.29, 0.717) is 0 Å². The average molecular weight is 192 g/mol. The van der Waals surface area contributed by atoms with Crippen molar-refractivity contribution in [3.8, 4) is 0 Å². The molecule has 0 spiro atoms. The summed E-state index contributed by atoms with van der Waals surface area (Å²) in [7, 11) is 0. The summed E-state index contributed by atoms with van der Waals surface area (Å²) in [6, 6.07) is 8.14. The monoisotopic (exact) mass is 192 g/mol. The summed E-state index contributed by atoms with van der Waals surface area (Å²) >= 11 is 0. The van der Waals surface area contributed by atoms with Crippen LogP contribution in [0.25, 0.3) is 0 Å². The van der Waals surface area contributed by atoms with E-state index in [-0.39, 0.29) is 0 Å². The van der Waals surface area contributed by atoms with E-state index in [0.717, 1.165) is 24.8 Å². The molecule has 1 aromatic carbocycles. The molecule has 0 bridgehead atoms. The van der Waals surface area contributed by atoms with E-state index in [1.54, 1.807) is 0 Å². The van der Waals surface area contributed by atoms with Gasteiger partial charge in [0.2, 0.25) is 0 Å². The highest BCUT2D eigenvalue weighted by Crippen LogP contribution is 2.26. The molecule has 0 heterocycles. The molecule has 1 heteroatoms. The first-order valence-corrected chi connectivity index (χ1v) is 5.36. The van der Waals surface area contributed by atoms with E-state index in [1.807, 2.05) is 19.1 Å². The van der Waals surface area contributed by atoms with Gasteiger partial charge in [0.05, 0.1) is 5.60 Å². The lowest BCUT2D eigenvalue weighted by Crippen LogP contribution is -2.20. The van der Waals surface area contributed by atoms with Crippen LogP contribution in [-0.4, -0.2) is 5.11 Å². The maximum absolute atomic E-state index is 10.2. The van der Waals surface area contributed by atoms with Crippen molar-refractivity contribution in [2.75, 3.05) is 0 Å². The lowest BCUT2D eigenvalue weighted by atomic mass is 9.90. The van der Waals surface area contributed by atoms with Crippen LogP contribution in [0, 0.1) is 6.92 Å². The predicted molar refractivity (Wildman–Crippen MR) is 60.3 cm³/mol. The highest BCUT2D eigenvalue weighted by molar-refractivity contribution is 5.25. The van der Waals surface area contributed by atoms with E-state index in [2.05, 4.69) is 26.0 Å². The molecule has 0 aliphatic rings. The Kier molecular flexibility index (Phi) is 3.70. The summed E-state index contributed by atoms with van der Waals surface area (Å²) < 4.78 is 0. The van der Waals surface area contributed by atoms with Crippen molar-refractivity contribution in [3.05, 3.63) is 35.4 Å². The molecule has 1 rings (SSSR count). The second-order valence-corrected chi connectivity index (χ2v) is 4.24. The molecular formula is C13H20O. The van der Waals surface area contributed by atoms with E-state index < -0.39 is 5.60 Å². The fourth-order valence-corrected chi connectivity index (χ4v) is 1.58. The van der Waals surface area contributed by atoms with Crippen LogP contribution in [0.4, 0.5) is 0 Å². The van der Waals surface area contributed by atoms with Crippen LogP contribution in [0.5, 0.6) is 0 Å². The first-order chi connectivity index (χ1) is 6.56. The van der Waals surface area contributed by atoms with E-state index >= 15 is 0 Å². The largest absolute Gasteiger partial charge is 0.385 e. The molecule has 1 atom stereocenters. The minimum atomic E-state index is -0.663. The molecule has 0 aliphatic carbocycles. The zero-order valence-electron chi connectivity index (χ0n) is 9.38. The summed E-state index contributed by atoms with van der Waals surface area (Å²) in [5.41, 5.74) is 1.60. The van der Waals surface area contributed by atoms with E-state index in [4.69, 9.17) is 0 Å². The minimum absolute atomic E-state index is 0.663. The molecule has 0 amide bonds. The number of rotatable bonds is 4. The van der Waals surface area contributed by atoms with Gasteiger partial charge in [-0.15, -0.1) is 0 Å². The van der Waals surface area contributed by atoms with Crippen LogP contribution in [-0.2, 0) is 5.60 Å². The van der Waals surface area contributed by atoms with E-state index in [9.17, 15) is 5.11 Å². The topological polar surface area (TPSA) is 20.2 Å². The summed E-state index contributed by atoms with van der Waals surface area (Å²) in [4.78, 5) is 0. The van der Waals surface area contributed by atoms with Crippen LogP contribution in [0.1, 0.15) is 44.2 Å². The molecule has 0 radical (unpaired) electrons. The van der Waals surface area contributed by atoms with Crippen LogP contribution in [0.2, 0.25) is 0 Å². The second kappa shape index (κ2) is 4.61. The molecule has 1 N–H and O–H groups in total. The Balaban J connectivity index is 2.75. The normalized spacial score (nSPS) is 15.1. The standard InChI is InChI=1S/C13H20O/c1-4-5-10-13(3,14)12-8-6-11(2)7-9-12/h6-9,14H,4-5,10H2,1-3H3. The SMILES string of the molecule is CCCCC(C)(O)c1ccc(C)cc1. The molecule has 0 aromatic heterocycles. The molecule has 1 unspecified atom stereocenters. The summed E-state index contributed by atoms with van der Waals surface area (Å²) in [6.45, 7) is 6.10. The molecule has 0 saturated heterocycles. The minimum Gasteiger partial charge on any atom is -0.385 e. The molecular weight excluding hydrogens is 172 g/mol. The Hall–Kier alpha value is -0.820. The maximum Gasteiger partial charge on any atom is 0.0868 e. The Morgan fingerprint density at radius 1 is 1.21 bits per heavy atom. The fourth-order valence-electron chi connectivity index (χ4n) is 1.58. The number of aliphatic hydroxyl groups is 1. The van der Waals surface area contributed by atoms with Gasteiger partial charge in [-0.1, -0.05) is 49.6 Å². The van der Waals surface area contributed by atoms with Gasteiger partial charge in [0.25, 0.3) is 0 Å². The van der Waals surface area contributed by atoms with Gasteiger partial charge in [-0.25, -0.2) is 0 Å². The molecule has 0 aliphatic heterocycles. The van der Waals surface area contributed by atoms with Crippen molar-refractivity contribution in [1.82, 2.24) is 0 Å². The van der Waals surface area contributed by atoms with Crippen LogP contribution in [0.15, 0.2) is 24.3 Å². The molecule has 78 valence electrons. The van der Waals surface area contributed by atoms with Gasteiger partial charge in [0.1, 0.15) is 0 Å². The highest BCUT2D eigenvalue weighted by Gasteiger charge is 2.21. The number of hydrogen-bond acceptors (Lipinski definition) is 1. The first-order valence-electron chi connectivity index (χ1n) is 5.36. The van der Waals surface area contributed by atoms with Gasteiger partial charge >= 0.3 is 0 Å². The van der Waals surface area contributed by atoms with Gasteiger partial charge in [0, 0.05) is 0 Å². The van der Waals surface area contributed by atoms with Crippen molar-refractivity contribution in [3.63, 3.8) is 0 Å². The highest BCUT2D eigenvalue weighted by atomic mass is 16.3. The third-order valence-electron chi connectivity index (χ3n) is 2.69. The van der Waals surface area contributed by atoms with Gasteiger partial charge in [-0.3, -0.25) is 0 Å². The number of hydrogen-bond donors (Lipinski definition) is 1. The molecule has 0 saturated carbocycles. The maximum atomic E-state index is 10.2. The molecule has 14 heavy (non-hydrogen) atoms. The molecule has 0 fully saturated rings. The first kappa shape index (κ1) is 11.3. The number of unbranched alkanes of at least 4 members (excludes halogenated alkanes) is 1. The summed E-state index contributed by atoms with van der Waals surface area (Å²) in [6.07, 6.45) is 3.04. The predicted octanol–water partition coefficient (Wildman–Crippen LogP) is 3.39. The smallest absolute Gasteiger partial charge is 0.0868 e. The third kappa shape index (κ3) is 2.85. The van der Waals surface area contributed by atoms with Crippen LogP contribution in [0.3, 0.4) is 0 Å². The quantitative estimate of drug-likeness (QED) is 0.775. The van der Waals surface area contributed by atoms with Gasteiger partial charge < -0.3 is 5.11 Å². The van der Waals surface area contributed by atoms with Gasteiger partial charge in [-0.05, 0) is 25.8 Å². The van der Waals surface area contributed by atoms with Crippen molar-refractivity contribution >= 4 is 0 Å². The average Bonchev–Trinajstić information content (AvgIpc) is 2.16. The van der Waals surface area contributed by atoms with Gasteiger partial charge in [-0.2, -0.15) is 0 Å². The Morgan fingerprint density at radius 2 is 1.79 bits per heavy atom. The zero-order chi connectivity index (χ0) is 10.6.